The summed E-state index contributed by atoms with van der Waals surface area (Å²) in [5.74, 6) is -4.66. The van der Waals surface area contributed by atoms with E-state index < -0.39 is 64.3 Å². The summed E-state index contributed by atoms with van der Waals surface area (Å²) in [5, 5.41) is 19.1. The molecule has 7 amide bonds. The number of likely N-dealkylation sites (tertiary alicyclic amines) is 1. The van der Waals surface area contributed by atoms with Crippen molar-refractivity contribution in [2.45, 2.75) is 106 Å². The Morgan fingerprint density at radius 2 is 1.46 bits per heavy atom. The third kappa shape index (κ3) is 11.3. The molecule has 6 aliphatic rings. The van der Waals surface area contributed by atoms with Gasteiger partial charge in [-0.2, -0.15) is 0 Å². The Balaban J connectivity index is 0.608. The van der Waals surface area contributed by atoms with Crippen molar-refractivity contribution in [3.05, 3.63) is 123 Å². The average Bonchev–Trinajstić information content (AvgIpc) is 2.59. The molecular formula is C58H65Cl2FN8O10. The van der Waals surface area contributed by atoms with E-state index in [2.05, 4.69) is 31.9 Å². The maximum absolute atomic E-state index is 16.3. The molecule has 0 aromatic heterocycles. The maximum atomic E-state index is 16.3. The summed E-state index contributed by atoms with van der Waals surface area (Å²) in [4.78, 5) is 96.1. The van der Waals surface area contributed by atoms with Crippen LogP contribution in [0.3, 0.4) is 0 Å². The second-order valence-corrected chi connectivity index (χ2v) is 21.9. The third-order valence-corrected chi connectivity index (χ3v) is 16.9. The van der Waals surface area contributed by atoms with Gasteiger partial charge in [-0.15, -0.1) is 0 Å². The van der Waals surface area contributed by atoms with Crippen molar-refractivity contribution >= 4 is 81.6 Å². The molecule has 18 nitrogen and oxygen atoms in total. The Bertz CT molecular complexity index is 2990. The zero-order chi connectivity index (χ0) is 55.3. The van der Waals surface area contributed by atoms with E-state index in [0.29, 0.717) is 112 Å². The van der Waals surface area contributed by atoms with Gasteiger partial charge < -0.3 is 40.4 Å². The molecule has 1 saturated carbocycles. The lowest BCUT2D eigenvalue weighted by atomic mass is 9.55. The van der Waals surface area contributed by atoms with Gasteiger partial charge in [0.15, 0.2) is 0 Å². The molecule has 2 spiro atoms. The van der Waals surface area contributed by atoms with E-state index in [-0.39, 0.29) is 52.4 Å². The number of piperidine rings is 2. The lowest BCUT2D eigenvalue weighted by Gasteiger charge is -2.47. The van der Waals surface area contributed by atoms with E-state index in [4.69, 9.17) is 37.4 Å². The molecule has 6 N–H and O–H groups in total. The second kappa shape index (κ2) is 24.6. The van der Waals surface area contributed by atoms with Crippen molar-refractivity contribution in [1.29, 1.82) is 0 Å². The number of nitrogens with one attached hydrogen (secondary N) is 6. The van der Waals surface area contributed by atoms with Gasteiger partial charge in [0.1, 0.15) is 17.3 Å². The third-order valence-electron chi connectivity index (χ3n) is 16.4. The Morgan fingerprint density at radius 1 is 0.759 bits per heavy atom. The number of amides is 7. The number of nitrogens with zero attached hydrogens (tertiary/aromatic N) is 2. The number of fused-ring (bicyclic) bond motifs is 4. The van der Waals surface area contributed by atoms with Gasteiger partial charge in [0.05, 0.1) is 48.6 Å². The van der Waals surface area contributed by atoms with E-state index in [1.54, 1.807) is 66.7 Å². The van der Waals surface area contributed by atoms with Crippen LogP contribution in [-0.4, -0.2) is 141 Å². The number of halogens is 3. The smallest absolute Gasteiger partial charge is 0.264 e. The van der Waals surface area contributed by atoms with Crippen LogP contribution in [0.25, 0.3) is 0 Å². The summed E-state index contributed by atoms with van der Waals surface area (Å²) in [6.07, 6.45) is 7.04. The highest BCUT2D eigenvalue weighted by Crippen LogP contribution is 2.63. The van der Waals surface area contributed by atoms with Crippen LogP contribution in [0.1, 0.15) is 119 Å². The maximum Gasteiger partial charge on any atom is 0.264 e. The van der Waals surface area contributed by atoms with Crippen molar-refractivity contribution in [2.24, 2.45) is 0 Å². The molecular weight excluding hydrogens is 1060 g/mol. The van der Waals surface area contributed by atoms with Crippen LogP contribution < -0.4 is 31.9 Å². The van der Waals surface area contributed by atoms with E-state index in [0.717, 1.165) is 50.0 Å². The van der Waals surface area contributed by atoms with Crippen molar-refractivity contribution < 1.29 is 52.2 Å². The highest BCUT2D eigenvalue weighted by Gasteiger charge is 2.72. The Hall–Kier alpha value is -6.32. The average molecular weight is 1120 g/mol. The molecule has 1 unspecified atom stereocenters. The first-order valence-electron chi connectivity index (χ1n) is 27.4. The topological polar surface area (TPSA) is 226 Å². The number of rotatable bonds is 21. The van der Waals surface area contributed by atoms with Crippen LogP contribution in [0.15, 0.2) is 78.9 Å². The Morgan fingerprint density at radius 3 is 2.18 bits per heavy atom. The highest BCUT2D eigenvalue weighted by atomic mass is 35.5. The zero-order valence-corrected chi connectivity index (χ0v) is 45.3. The minimum Gasteiger partial charge on any atom is -0.384 e. The Kier molecular flexibility index (Phi) is 17.4. The van der Waals surface area contributed by atoms with Gasteiger partial charge in [0.25, 0.3) is 17.7 Å². The van der Waals surface area contributed by atoms with Gasteiger partial charge in [-0.25, -0.2) is 4.39 Å². The molecule has 4 fully saturated rings. The number of benzene rings is 4. The lowest BCUT2D eigenvalue weighted by Crippen LogP contribution is -2.60. The first-order valence-corrected chi connectivity index (χ1v) is 28.2. The Labute approximate surface area is 467 Å². The quantitative estimate of drug-likeness (QED) is 0.0367. The molecule has 5 aliphatic heterocycles. The van der Waals surface area contributed by atoms with Crippen molar-refractivity contribution in [3.8, 4) is 0 Å². The predicted molar refractivity (Wildman–Crippen MR) is 294 cm³/mol. The molecule has 3 saturated heterocycles. The number of carbonyl (C=O) groups excluding carboxylic acids is 7. The first-order chi connectivity index (χ1) is 38.3. The normalized spacial score (nSPS) is 22.6. The van der Waals surface area contributed by atoms with Crippen LogP contribution >= 0.6 is 23.2 Å². The molecule has 10 rings (SSSR count). The minimum atomic E-state index is -1.35. The van der Waals surface area contributed by atoms with E-state index in [1.165, 1.54) is 6.07 Å². The monoisotopic (exact) mass is 1120 g/mol. The second-order valence-electron chi connectivity index (χ2n) is 21.1. The number of hydrogen-bond acceptors (Lipinski definition) is 13. The molecule has 418 valence electrons. The van der Waals surface area contributed by atoms with Gasteiger partial charge in [-0.3, -0.25) is 49.1 Å². The summed E-state index contributed by atoms with van der Waals surface area (Å²) in [6, 6.07) is 19.9. The minimum absolute atomic E-state index is 0.0574. The van der Waals surface area contributed by atoms with Gasteiger partial charge in [-0.1, -0.05) is 66.7 Å². The lowest BCUT2D eigenvalue weighted by molar-refractivity contribution is -0.136. The predicted octanol–water partition coefficient (Wildman–Crippen LogP) is 6.96. The first kappa shape index (κ1) is 56.0. The molecule has 4 atom stereocenters. The van der Waals surface area contributed by atoms with Crippen LogP contribution in [-0.2, 0) is 38.8 Å². The van der Waals surface area contributed by atoms with Crippen molar-refractivity contribution in [2.75, 3.05) is 81.8 Å². The molecule has 0 radical (unpaired) electrons. The van der Waals surface area contributed by atoms with Crippen LogP contribution in [0.2, 0.25) is 10.0 Å². The van der Waals surface area contributed by atoms with E-state index in [1.807, 2.05) is 11.0 Å². The fourth-order valence-corrected chi connectivity index (χ4v) is 13.0. The van der Waals surface area contributed by atoms with Crippen molar-refractivity contribution in [3.63, 3.8) is 0 Å². The molecule has 4 aromatic rings. The van der Waals surface area contributed by atoms with Crippen molar-refractivity contribution in [1.82, 2.24) is 25.8 Å². The molecule has 4 aromatic carbocycles. The molecule has 5 heterocycles. The van der Waals surface area contributed by atoms with E-state index in [9.17, 15) is 33.6 Å². The van der Waals surface area contributed by atoms with Gasteiger partial charge in [-0.05, 0) is 117 Å². The summed E-state index contributed by atoms with van der Waals surface area (Å²) in [6.45, 7) is 5.20. The molecule has 1 aliphatic carbocycles. The van der Waals surface area contributed by atoms with Gasteiger partial charge >= 0.3 is 0 Å². The zero-order valence-electron chi connectivity index (χ0n) is 43.8. The fourth-order valence-electron chi connectivity index (χ4n) is 12.7. The fraction of sp³-hybridized carbons (Fsp3) is 0.466. The van der Waals surface area contributed by atoms with Crippen LogP contribution in [0.5, 0.6) is 0 Å². The number of hydrogen-bond donors (Lipinski definition) is 6. The highest BCUT2D eigenvalue weighted by molar-refractivity contribution is 6.31. The van der Waals surface area contributed by atoms with Gasteiger partial charge in [0, 0.05) is 84.4 Å². The SMILES string of the molecule is O=C1CCC(N2C(=O)c3cccc(NCCCOCCOCCOCCCNC4CCN(C(=O)c5ccc(NC(=O)[C@@H]6NC7(CCCCC7)[C@@]7(C(=O)Nc8cc(Cl)ccc87)[C@H]6c6cccc(Cl)c6F)cc5)CC4)c3C2=O)C(=O)N1. The number of ether oxygens (including phenoxy) is 3. The summed E-state index contributed by atoms with van der Waals surface area (Å²) in [5.41, 5.74) is 1.07. The number of anilines is 3. The standard InChI is InChI=1S/C58H65Cl2FN8O10/c59-36-14-17-41-44(34-36)65-56(76)58(41)48(40-9-4-10-42(60)49(40)61)50(67-57(58)22-2-1-3-23-57)52(72)64-38-15-12-35(13-16-38)53(73)68-26-20-37(21-27-68)62-24-6-28-77-30-32-79-33-31-78-29-7-25-63-43-11-5-8-39-47(43)55(75)69(54(39)74)45-18-19-46(70)66-51(45)71/h4-5,8-17,34,37,45,48,50,62-63,67H,1-3,6-7,18-33H2,(H,64,72)(H,65,76)(H,66,70,71)/t45?,48-,50+,58+/m0/s1. The van der Waals surface area contributed by atoms with E-state index >= 15 is 4.39 Å². The van der Waals surface area contributed by atoms with Gasteiger partial charge in [0.2, 0.25) is 23.6 Å². The number of carbonyl (C=O) groups is 7. The summed E-state index contributed by atoms with van der Waals surface area (Å²) < 4.78 is 33.4. The van der Waals surface area contributed by atoms with Crippen LogP contribution in [0, 0.1) is 5.82 Å². The largest absolute Gasteiger partial charge is 0.384 e. The molecule has 21 heteroatoms. The molecule has 79 heavy (non-hydrogen) atoms. The van der Waals surface area contributed by atoms with Crippen LogP contribution in [0.4, 0.5) is 21.5 Å². The molecule has 0 bridgehead atoms. The number of imide groups is 2. The summed E-state index contributed by atoms with van der Waals surface area (Å²) in [7, 11) is 0. The summed E-state index contributed by atoms with van der Waals surface area (Å²) >= 11 is 12.8.